The van der Waals surface area contributed by atoms with Crippen molar-refractivity contribution in [1.29, 1.82) is 5.26 Å². The summed E-state index contributed by atoms with van der Waals surface area (Å²) in [6.45, 7) is 1.70. The van der Waals surface area contributed by atoms with E-state index in [4.69, 9.17) is 15.2 Å². The Bertz CT molecular complexity index is 1170. The molecule has 0 radical (unpaired) electrons. The first-order valence-electron chi connectivity index (χ1n) is 10.9. The van der Waals surface area contributed by atoms with E-state index in [0.29, 0.717) is 30.0 Å². The van der Waals surface area contributed by atoms with E-state index < -0.39 is 0 Å². The lowest BCUT2D eigenvalue weighted by Gasteiger charge is -2.12. The Labute approximate surface area is 192 Å². The van der Waals surface area contributed by atoms with E-state index in [0.717, 1.165) is 48.1 Å². The summed E-state index contributed by atoms with van der Waals surface area (Å²) in [6, 6.07) is 17.8. The molecule has 170 valence electrons. The number of para-hydroxylation sites is 1. The fourth-order valence-electron chi connectivity index (χ4n) is 3.65. The van der Waals surface area contributed by atoms with Crippen LogP contribution in [0, 0.1) is 11.3 Å². The van der Waals surface area contributed by atoms with Gasteiger partial charge in [-0.15, -0.1) is 0 Å². The topological polar surface area (TPSA) is 123 Å². The number of ether oxygens (including phenoxy) is 2. The molecule has 9 heteroatoms. The number of benzene rings is 2. The van der Waals surface area contributed by atoms with E-state index in [1.54, 1.807) is 11.7 Å². The highest BCUT2D eigenvalue weighted by Gasteiger charge is 2.16. The minimum atomic E-state index is 0.280. The number of guanidine groups is 1. The van der Waals surface area contributed by atoms with Gasteiger partial charge in [0, 0.05) is 20.1 Å². The summed E-state index contributed by atoms with van der Waals surface area (Å²) in [4.78, 5) is 4.27. The van der Waals surface area contributed by atoms with Crippen LogP contribution in [-0.2, 0) is 12.8 Å². The van der Waals surface area contributed by atoms with Crippen molar-refractivity contribution in [2.24, 2.45) is 4.99 Å². The second-order valence-electron chi connectivity index (χ2n) is 7.53. The van der Waals surface area contributed by atoms with Crippen LogP contribution in [0.1, 0.15) is 23.2 Å². The summed E-state index contributed by atoms with van der Waals surface area (Å²) in [5, 5.41) is 20.7. The number of nitrogens with zero attached hydrogens (tertiary/aromatic N) is 4. The molecule has 3 aromatic rings. The van der Waals surface area contributed by atoms with Crippen LogP contribution in [0.3, 0.4) is 0 Å². The van der Waals surface area contributed by atoms with Gasteiger partial charge in [-0.25, -0.2) is 4.68 Å². The predicted octanol–water partition coefficient (Wildman–Crippen LogP) is 2.40. The van der Waals surface area contributed by atoms with E-state index in [2.05, 4.69) is 26.8 Å². The molecule has 0 unspecified atom stereocenters. The third kappa shape index (κ3) is 5.18. The predicted molar refractivity (Wildman–Crippen MR) is 127 cm³/mol. The number of nitrogens with two attached hydrogens (primary N) is 1. The number of fused-ring (bicyclic) bond motifs is 1. The number of nitrogens with one attached hydrogen (secondary N) is 2. The molecule has 0 saturated carbocycles. The van der Waals surface area contributed by atoms with Crippen molar-refractivity contribution in [3.05, 3.63) is 65.4 Å². The van der Waals surface area contributed by atoms with E-state index in [-0.39, 0.29) is 6.79 Å². The van der Waals surface area contributed by atoms with Crippen molar-refractivity contribution >= 4 is 11.8 Å². The van der Waals surface area contributed by atoms with E-state index >= 15 is 0 Å². The number of hydrogen-bond donors (Lipinski definition) is 3. The van der Waals surface area contributed by atoms with Gasteiger partial charge in [0.1, 0.15) is 17.5 Å². The molecule has 0 atom stereocenters. The Hall–Kier alpha value is -4.19. The molecule has 2 aromatic carbocycles. The smallest absolute Gasteiger partial charge is 0.231 e. The molecule has 0 fully saturated rings. The van der Waals surface area contributed by atoms with E-state index in [1.165, 1.54) is 0 Å². The molecular weight excluding hydrogens is 418 g/mol. The molecule has 9 nitrogen and oxygen atoms in total. The fourth-order valence-corrected chi connectivity index (χ4v) is 3.65. The molecule has 0 aliphatic carbocycles. The van der Waals surface area contributed by atoms with Gasteiger partial charge in [-0.2, -0.15) is 10.4 Å². The van der Waals surface area contributed by atoms with Crippen molar-refractivity contribution in [3.63, 3.8) is 0 Å². The average Bonchev–Trinajstić information content (AvgIpc) is 3.44. The largest absolute Gasteiger partial charge is 0.454 e. The number of hydrogen-bond acceptors (Lipinski definition) is 6. The highest BCUT2D eigenvalue weighted by molar-refractivity contribution is 5.79. The molecule has 1 aliphatic heterocycles. The van der Waals surface area contributed by atoms with Crippen LogP contribution in [0.25, 0.3) is 5.69 Å². The van der Waals surface area contributed by atoms with Crippen molar-refractivity contribution < 1.29 is 9.47 Å². The summed E-state index contributed by atoms with van der Waals surface area (Å²) in [5.41, 5.74) is 9.31. The van der Waals surface area contributed by atoms with Gasteiger partial charge in [-0.3, -0.25) is 4.99 Å². The van der Waals surface area contributed by atoms with E-state index in [1.807, 2.05) is 48.5 Å². The highest BCUT2D eigenvalue weighted by atomic mass is 16.7. The molecular formula is C24H27N7O2. The van der Waals surface area contributed by atoms with Crippen LogP contribution < -0.4 is 25.8 Å². The first kappa shape index (κ1) is 22.0. The van der Waals surface area contributed by atoms with Gasteiger partial charge in [0.2, 0.25) is 6.79 Å². The first-order valence-corrected chi connectivity index (χ1v) is 10.9. The molecule has 0 bridgehead atoms. The molecule has 2 heterocycles. The van der Waals surface area contributed by atoms with Gasteiger partial charge < -0.3 is 25.8 Å². The first-order chi connectivity index (χ1) is 16.2. The Morgan fingerprint density at radius 1 is 1.12 bits per heavy atom. The van der Waals surface area contributed by atoms with Crippen molar-refractivity contribution in [3.8, 4) is 23.3 Å². The van der Waals surface area contributed by atoms with Crippen LogP contribution in [0.2, 0.25) is 0 Å². The Balaban J connectivity index is 1.25. The zero-order chi connectivity index (χ0) is 23.0. The van der Waals surface area contributed by atoms with Gasteiger partial charge in [-0.1, -0.05) is 24.3 Å². The maximum absolute atomic E-state index is 9.54. The maximum Gasteiger partial charge on any atom is 0.231 e. The second kappa shape index (κ2) is 10.4. The molecule has 4 N–H and O–H groups in total. The van der Waals surface area contributed by atoms with Crippen molar-refractivity contribution in [2.45, 2.75) is 19.3 Å². The zero-order valence-electron chi connectivity index (χ0n) is 18.5. The maximum atomic E-state index is 9.54. The minimum Gasteiger partial charge on any atom is -0.454 e. The van der Waals surface area contributed by atoms with Gasteiger partial charge in [0.15, 0.2) is 17.5 Å². The van der Waals surface area contributed by atoms with Crippen LogP contribution in [0.5, 0.6) is 11.5 Å². The Kier molecular flexibility index (Phi) is 6.95. The lowest BCUT2D eigenvalue weighted by Crippen LogP contribution is -2.38. The van der Waals surface area contributed by atoms with Crippen molar-refractivity contribution in [2.75, 3.05) is 32.7 Å². The Morgan fingerprint density at radius 2 is 1.91 bits per heavy atom. The number of rotatable bonds is 8. The number of nitrogen functional groups attached to an aromatic ring is 1. The quantitative estimate of drug-likeness (QED) is 0.276. The van der Waals surface area contributed by atoms with Crippen LogP contribution in [-0.4, -0.2) is 42.7 Å². The number of nitriles is 1. The third-order valence-corrected chi connectivity index (χ3v) is 5.36. The number of aromatic nitrogens is 2. The molecule has 4 rings (SSSR count). The molecule has 0 saturated heterocycles. The molecule has 33 heavy (non-hydrogen) atoms. The van der Waals surface area contributed by atoms with Crippen molar-refractivity contribution in [1.82, 2.24) is 20.4 Å². The summed E-state index contributed by atoms with van der Waals surface area (Å²) < 4.78 is 12.4. The second-order valence-corrected chi connectivity index (χ2v) is 7.53. The molecule has 0 amide bonds. The number of anilines is 1. The molecule has 0 spiro atoms. The van der Waals surface area contributed by atoms with Crippen LogP contribution in [0.4, 0.5) is 5.82 Å². The monoisotopic (exact) mass is 445 g/mol. The lowest BCUT2D eigenvalue weighted by atomic mass is 10.1. The van der Waals surface area contributed by atoms with E-state index in [9.17, 15) is 5.26 Å². The summed E-state index contributed by atoms with van der Waals surface area (Å²) in [5.74, 6) is 2.68. The summed E-state index contributed by atoms with van der Waals surface area (Å²) in [7, 11) is 1.74. The standard InChI is InChI=1S/C24H27N7O2/c1-27-24(29-13-11-17-9-10-21-22(14-17)33-16-32-21)28-12-5-8-20-19(15-25)23(26)31(30-20)18-6-3-2-4-7-18/h2-4,6-7,9-10,14H,5,8,11-13,16,26H2,1H3,(H2,27,28,29). The Morgan fingerprint density at radius 3 is 2.70 bits per heavy atom. The average molecular weight is 446 g/mol. The minimum absolute atomic E-state index is 0.280. The van der Waals surface area contributed by atoms with Gasteiger partial charge in [0.05, 0.1) is 11.4 Å². The van der Waals surface area contributed by atoms with Gasteiger partial charge in [0.25, 0.3) is 0 Å². The SMILES string of the molecule is CN=C(NCCCc1nn(-c2ccccc2)c(N)c1C#N)NCCc1ccc2c(c1)OCO2. The van der Waals surface area contributed by atoms with Crippen LogP contribution in [0.15, 0.2) is 53.5 Å². The highest BCUT2D eigenvalue weighted by Crippen LogP contribution is 2.32. The third-order valence-electron chi connectivity index (χ3n) is 5.36. The molecule has 1 aliphatic rings. The normalized spacial score (nSPS) is 12.4. The summed E-state index contributed by atoms with van der Waals surface area (Å²) >= 11 is 0. The van der Waals surface area contributed by atoms with Gasteiger partial charge in [-0.05, 0) is 49.1 Å². The number of aryl methyl sites for hydroxylation is 1. The summed E-state index contributed by atoms with van der Waals surface area (Å²) in [6.07, 6.45) is 2.25. The zero-order valence-corrected chi connectivity index (χ0v) is 18.5. The number of aliphatic imine (C=N–C) groups is 1. The lowest BCUT2D eigenvalue weighted by molar-refractivity contribution is 0.174. The molecule has 1 aromatic heterocycles. The fraction of sp³-hybridized carbons (Fsp3) is 0.292. The van der Waals surface area contributed by atoms with Crippen LogP contribution >= 0.6 is 0 Å². The van der Waals surface area contributed by atoms with Gasteiger partial charge >= 0.3 is 0 Å².